The van der Waals surface area contributed by atoms with Gasteiger partial charge in [-0.05, 0) is 105 Å². The maximum absolute atomic E-state index is 5.49. The standard InChI is InChI=1S/C57H39N5/c1-57(2)46-23-11-8-21-42(46)43-31-29-39(35-47(43)57)60(50-26-14-10-19-40(50)36-16-4-3-5-17-36)38-30-33-51-45(34-38)54-41-20-7-6-18-37(41)28-32-53(54)61(51)56-59-48-24-12-9-22-44(48)55-58-49-25-13-15-27-52(49)62(55)56/h3-35H,1-2H3. The van der Waals surface area contributed by atoms with Crippen LogP contribution in [0.1, 0.15) is 25.0 Å². The van der Waals surface area contributed by atoms with Gasteiger partial charge in [0.15, 0.2) is 0 Å². The first-order valence-corrected chi connectivity index (χ1v) is 21.3. The van der Waals surface area contributed by atoms with Crippen molar-refractivity contribution in [3.05, 3.63) is 211 Å². The summed E-state index contributed by atoms with van der Waals surface area (Å²) in [5, 5.41) is 5.76. The zero-order valence-electron chi connectivity index (χ0n) is 34.3. The fourth-order valence-corrected chi connectivity index (χ4v) is 10.4. The number of fused-ring (bicyclic) bond motifs is 13. The molecule has 0 fully saturated rings. The lowest BCUT2D eigenvalue weighted by Crippen LogP contribution is -2.17. The lowest BCUT2D eigenvalue weighted by Gasteiger charge is -2.30. The molecule has 0 radical (unpaired) electrons. The van der Waals surface area contributed by atoms with Crippen LogP contribution in [0.2, 0.25) is 0 Å². The smallest absolute Gasteiger partial charge is 0.221 e. The normalized spacial score (nSPS) is 13.1. The summed E-state index contributed by atoms with van der Waals surface area (Å²) in [5.74, 6) is 0.808. The fourth-order valence-electron chi connectivity index (χ4n) is 10.4. The maximum Gasteiger partial charge on any atom is 0.221 e. The summed E-state index contributed by atoms with van der Waals surface area (Å²) in [6, 6.07) is 72.5. The van der Waals surface area contributed by atoms with Gasteiger partial charge in [0.1, 0.15) is 5.65 Å². The Labute approximate surface area is 358 Å². The van der Waals surface area contributed by atoms with Gasteiger partial charge < -0.3 is 4.90 Å². The minimum atomic E-state index is -0.154. The van der Waals surface area contributed by atoms with Crippen molar-refractivity contribution in [3.8, 4) is 28.2 Å². The molecule has 0 aliphatic heterocycles. The van der Waals surface area contributed by atoms with Crippen LogP contribution >= 0.6 is 0 Å². The molecule has 0 saturated carbocycles. The third-order valence-corrected chi connectivity index (χ3v) is 13.3. The average Bonchev–Trinajstić information content (AvgIpc) is 3.95. The highest BCUT2D eigenvalue weighted by molar-refractivity contribution is 6.22. The van der Waals surface area contributed by atoms with Gasteiger partial charge in [-0.3, -0.25) is 8.97 Å². The van der Waals surface area contributed by atoms with Crippen LogP contribution < -0.4 is 4.90 Å². The number of anilines is 3. The number of hydrogen-bond acceptors (Lipinski definition) is 3. The van der Waals surface area contributed by atoms with Gasteiger partial charge in [-0.1, -0.05) is 147 Å². The monoisotopic (exact) mass is 793 g/mol. The average molecular weight is 794 g/mol. The molecule has 0 N–H and O–H groups in total. The van der Waals surface area contributed by atoms with Crippen molar-refractivity contribution in [3.63, 3.8) is 0 Å². The molecule has 0 unspecified atom stereocenters. The SMILES string of the molecule is CC1(C)c2ccccc2-c2ccc(N(c3ccc4c(c3)c3c5ccccc5ccc3n4-c3nc4ccccc4c4nc5ccccc5n34)c3ccccc3-c3ccccc3)cc21. The van der Waals surface area contributed by atoms with Crippen molar-refractivity contribution in [1.29, 1.82) is 0 Å². The molecule has 5 heteroatoms. The van der Waals surface area contributed by atoms with Gasteiger partial charge in [-0.25, -0.2) is 9.97 Å². The second-order valence-corrected chi connectivity index (χ2v) is 17.0. The summed E-state index contributed by atoms with van der Waals surface area (Å²) in [7, 11) is 0. The quantitative estimate of drug-likeness (QED) is 0.174. The van der Waals surface area contributed by atoms with E-state index in [9.17, 15) is 0 Å². The Morgan fingerprint density at radius 2 is 1.11 bits per heavy atom. The Hall–Kier alpha value is -8.02. The first kappa shape index (κ1) is 34.8. The van der Waals surface area contributed by atoms with Gasteiger partial charge in [0.2, 0.25) is 5.95 Å². The van der Waals surface area contributed by atoms with E-state index in [1.807, 2.05) is 0 Å². The number of imidazole rings is 1. The summed E-state index contributed by atoms with van der Waals surface area (Å²) in [6.45, 7) is 4.72. The van der Waals surface area contributed by atoms with Crippen LogP contribution in [0.5, 0.6) is 0 Å². The van der Waals surface area contributed by atoms with Crippen LogP contribution in [0, 0.1) is 0 Å². The Morgan fingerprint density at radius 1 is 0.452 bits per heavy atom. The zero-order valence-corrected chi connectivity index (χ0v) is 34.3. The molecule has 292 valence electrons. The molecule has 0 spiro atoms. The molecule has 62 heavy (non-hydrogen) atoms. The van der Waals surface area contributed by atoms with E-state index in [1.165, 1.54) is 49.5 Å². The van der Waals surface area contributed by atoms with Gasteiger partial charge >= 0.3 is 0 Å². The zero-order chi connectivity index (χ0) is 41.1. The Balaban J connectivity index is 1.13. The van der Waals surface area contributed by atoms with E-state index in [-0.39, 0.29) is 5.41 Å². The van der Waals surface area contributed by atoms with Crippen molar-refractivity contribution < 1.29 is 0 Å². The molecule has 1 aliphatic rings. The van der Waals surface area contributed by atoms with E-state index in [1.54, 1.807) is 0 Å². The third-order valence-electron chi connectivity index (χ3n) is 13.3. The lowest BCUT2D eigenvalue weighted by atomic mass is 9.82. The number of rotatable bonds is 5. The van der Waals surface area contributed by atoms with E-state index in [0.717, 1.165) is 67.0 Å². The van der Waals surface area contributed by atoms with Crippen molar-refractivity contribution in [2.75, 3.05) is 4.90 Å². The van der Waals surface area contributed by atoms with E-state index >= 15 is 0 Å². The number of aromatic nitrogens is 4. The molecule has 0 amide bonds. The predicted molar refractivity (Wildman–Crippen MR) is 258 cm³/mol. The molecule has 9 aromatic carbocycles. The van der Waals surface area contributed by atoms with E-state index in [0.29, 0.717) is 0 Å². The predicted octanol–water partition coefficient (Wildman–Crippen LogP) is 14.7. The highest BCUT2D eigenvalue weighted by Gasteiger charge is 2.36. The fraction of sp³-hybridized carbons (Fsp3) is 0.0526. The van der Waals surface area contributed by atoms with E-state index in [2.05, 4.69) is 228 Å². The minimum absolute atomic E-state index is 0.154. The van der Waals surface area contributed by atoms with Crippen molar-refractivity contribution in [2.24, 2.45) is 0 Å². The van der Waals surface area contributed by atoms with Crippen molar-refractivity contribution >= 4 is 77.2 Å². The van der Waals surface area contributed by atoms with Gasteiger partial charge in [0.25, 0.3) is 0 Å². The number of para-hydroxylation sites is 4. The topological polar surface area (TPSA) is 38.4 Å². The number of benzene rings is 9. The minimum Gasteiger partial charge on any atom is -0.310 e. The summed E-state index contributed by atoms with van der Waals surface area (Å²) in [6.07, 6.45) is 0. The van der Waals surface area contributed by atoms with Crippen LogP contribution in [0.3, 0.4) is 0 Å². The van der Waals surface area contributed by atoms with Gasteiger partial charge in [-0.15, -0.1) is 0 Å². The van der Waals surface area contributed by atoms with Gasteiger partial charge in [0.05, 0.1) is 33.3 Å². The first-order valence-electron chi connectivity index (χ1n) is 21.3. The van der Waals surface area contributed by atoms with Crippen LogP contribution in [-0.4, -0.2) is 18.9 Å². The molecule has 0 bridgehead atoms. The molecule has 5 nitrogen and oxygen atoms in total. The Morgan fingerprint density at radius 3 is 2.00 bits per heavy atom. The summed E-state index contributed by atoms with van der Waals surface area (Å²) < 4.78 is 4.60. The highest BCUT2D eigenvalue weighted by atomic mass is 15.2. The summed E-state index contributed by atoms with van der Waals surface area (Å²) >= 11 is 0. The molecule has 0 saturated heterocycles. The second-order valence-electron chi connectivity index (χ2n) is 17.0. The number of hydrogen-bond donors (Lipinski definition) is 0. The van der Waals surface area contributed by atoms with E-state index < -0.39 is 0 Å². The Kier molecular flexibility index (Phi) is 7.29. The van der Waals surface area contributed by atoms with Gasteiger partial charge in [0, 0.05) is 38.5 Å². The maximum atomic E-state index is 5.49. The summed E-state index contributed by atoms with van der Waals surface area (Å²) in [4.78, 5) is 13.2. The second kappa shape index (κ2) is 13.0. The van der Waals surface area contributed by atoms with Gasteiger partial charge in [-0.2, -0.15) is 0 Å². The largest absolute Gasteiger partial charge is 0.310 e. The molecule has 12 aromatic rings. The third kappa shape index (κ3) is 4.90. The molecular weight excluding hydrogens is 755 g/mol. The molecule has 13 rings (SSSR count). The molecule has 3 heterocycles. The summed E-state index contributed by atoms with van der Waals surface area (Å²) in [5.41, 5.74) is 16.7. The lowest BCUT2D eigenvalue weighted by molar-refractivity contribution is 0.660. The number of nitrogens with zero attached hydrogens (tertiary/aromatic N) is 5. The highest BCUT2D eigenvalue weighted by Crippen LogP contribution is 2.52. The molecule has 3 aromatic heterocycles. The van der Waals surface area contributed by atoms with Crippen LogP contribution in [0.4, 0.5) is 17.1 Å². The molecule has 0 atom stereocenters. The van der Waals surface area contributed by atoms with Crippen molar-refractivity contribution in [1.82, 2.24) is 18.9 Å². The van der Waals surface area contributed by atoms with Crippen LogP contribution in [0.15, 0.2) is 200 Å². The van der Waals surface area contributed by atoms with Crippen molar-refractivity contribution in [2.45, 2.75) is 19.3 Å². The van der Waals surface area contributed by atoms with Crippen LogP contribution in [-0.2, 0) is 5.41 Å². The van der Waals surface area contributed by atoms with Crippen LogP contribution in [0.25, 0.3) is 88.4 Å². The first-order chi connectivity index (χ1) is 30.5. The molecular formula is C57H39N5. The Bertz CT molecular complexity index is 3800. The van der Waals surface area contributed by atoms with E-state index in [4.69, 9.17) is 9.97 Å². The molecule has 1 aliphatic carbocycles.